The molecule has 11 rings (SSSR count). The number of hydrogen-bond donors (Lipinski definition) is 0. The minimum atomic E-state index is 0.866. The van der Waals surface area contributed by atoms with E-state index in [4.69, 9.17) is 4.42 Å². The van der Waals surface area contributed by atoms with Crippen molar-refractivity contribution in [3.63, 3.8) is 0 Å². The molecule has 0 saturated heterocycles. The summed E-state index contributed by atoms with van der Waals surface area (Å²) in [5.74, 6) is 0. The summed E-state index contributed by atoms with van der Waals surface area (Å²) < 4.78 is 6.45. The van der Waals surface area contributed by atoms with Crippen LogP contribution in [0.4, 0.5) is 17.1 Å². The standard InChI is InChI=1S/C54H35NO/c1-3-17-44-38(12-1)14-10-21-46(44)47-19-5-7-22-50(47)55(51-23-11-25-53-54(51)48-20-6-8-24-52(48)56-53)43-16-9-15-41(34-43)36-26-28-37(29-27-36)42-33-32-40-31-30-39-13-2-4-18-45(39)49(40)35-42/h1-35H. The van der Waals surface area contributed by atoms with E-state index in [9.17, 15) is 0 Å². The van der Waals surface area contributed by atoms with Crippen LogP contribution in [0.25, 0.3) is 87.6 Å². The highest BCUT2D eigenvalue weighted by molar-refractivity contribution is 6.14. The fourth-order valence-corrected chi connectivity index (χ4v) is 8.57. The Labute approximate surface area is 325 Å². The Morgan fingerprint density at radius 1 is 0.304 bits per heavy atom. The number of para-hydroxylation sites is 2. The van der Waals surface area contributed by atoms with Crippen LogP contribution in [0.1, 0.15) is 0 Å². The van der Waals surface area contributed by atoms with Gasteiger partial charge in [0.15, 0.2) is 0 Å². The van der Waals surface area contributed by atoms with E-state index in [0.29, 0.717) is 0 Å². The van der Waals surface area contributed by atoms with Gasteiger partial charge in [0.2, 0.25) is 0 Å². The van der Waals surface area contributed by atoms with Crippen LogP contribution in [0.2, 0.25) is 0 Å². The quantitative estimate of drug-likeness (QED) is 0.160. The van der Waals surface area contributed by atoms with Crippen LogP contribution in [-0.4, -0.2) is 0 Å². The molecule has 0 aliphatic carbocycles. The van der Waals surface area contributed by atoms with Crippen molar-refractivity contribution in [2.24, 2.45) is 0 Å². The first-order chi connectivity index (χ1) is 27.8. The second-order valence-corrected chi connectivity index (χ2v) is 14.5. The molecule has 0 atom stereocenters. The number of hydrogen-bond acceptors (Lipinski definition) is 2. The van der Waals surface area contributed by atoms with Crippen molar-refractivity contribution in [2.75, 3.05) is 4.90 Å². The highest BCUT2D eigenvalue weighted by atomic mass is 16.3. The van der Waals surface area contributed by atoms with Gasteiger partial charge in [0.05, 0.1) is 16.8 Å². The highest BCUT2D eigenvalue weighted by Gasteiger charge is 2.22. The second-order valence-electron chi connectivity index (χ2n) is 14.5. The van der Waals surface area contributed by atoms with Crippen LogP contribution in [0.5, 0.6) is 0 Å². The van der Waals surface area contributed by atoms with Gasteiger partial charge in [-0.25, -0.2) is 0 Å². The lowest BCUT2D eigenvalue weighted by atomic mass is 9.95. The molecule has 0 amide bonds. The summed E-state index contributed by atoms with van der Waals surface area (Å²) in [5.41, 5.74) is 12.1. The van der Waals surface area contributed by atoms with E-state index in [-0.39, 0.29) is 0 Å². The van der Waals surface area contributed by atoms with E-state index in [1.165, 1.54) is 49.0 Å². The van der Waals surface area contributed by atoms with Gasteiger partial charge < -0.3 is 9.32 Å². The summed E-state index contributed by atoms with van der Waals surface area (Å²) in [6.45, 7) is 0. The summed E-state index contributed by atoms with van der Waals surface area (Å²) in [6, 6.07) is 76.5. The fourth-order valence-electron chi connectivity index (χ4n) is 8.57. The zero-order chi connectivity index (χ0) is 37.0. The number of nitrogens with zero attached hydrogens (tertiary/aromatic N) is 1. The SMILES string of the molecule is c1cc(-c2ccc(-c3ccc4ccc5ccccc5c4c3)cc2)cc(N(c2ccccc2-c2cccc3ccccc23)c2cccc3oc4ccccc4c23)c1. The average Bonchev–Trinajstić information content (AvgIpc) is 3.66. The van der Waals surface area contributed by atoms with Crippen molar-refractivity contribution in [1.29, 1.82) is 0 Å². The first-order valence-corrected chi connectivity index (χ1v) is 19.2. The minimum absolute atomic E-state index is 0.866. The van der Waals surface area contributed by atoms with Crippen molar-refractivity contribution in [3.05, 3.63) is 212 Å². The maximum atomic E-state index is 6.45. The van der Waals surface area contributed by atoms with Crippen molar-refractivity contribution in [1.82, 2.24) is 0 Å². The lowest BCUT2D eigenvalue weighted by Gasteiger charge is -2.29. The summed E-state index contributed by atoms with van der Waals surface area (Å²) in [5, 5.41) is 9.71. The molecule has 0 saturated carbocycles. The summed E-state index contributed by atoms with van der Waals surface area (Å²) in [6.07, 6.45) is 0. The van der Waals surface area contributed by atoms with Crippen LogP contribution in [-0.2, 0) is 0 Å². The molecule has 10 aromatic carbocycles. The van der Waals surface area contributed by atoms with Gasteiger partial charge in [0.1, 0.15) is 11.2 Å². The molecular weight excluding hydrogens is 679 g/mol. The average molecular weight is 714 g/mol. The highest BCUT2D eigenvalue weighted by Crippen LogP contribution is 2.47. The molecule has 262 valence electrons. The van der Waals surface area contributed by atoms with Gasteiger partial charge in [0.25, 0.3) is 0 Å². The molecule has 0 aliphatic rings. The topological polar surface area (TPSA) is 16.4 Å². The molecule has 1 aromatic heterocycles. The zero-order valence-electron chi connectivity index (χ0n) is 30.6. The molecule has 0 N–H and O–H groups in total. The molecule has 2 nitrogen and oxygen atoms in total. The molecule has 0 spiro atoms. The van der Waals surface area contributed by atoms with Gasteiger partial charge in [-0.2, -0.15) is 0 Å². The minimum Gasteiger partial charge on any atom is -0.456 e. The van der Waals surface area contributed by atoms with E-state index >= 15 is 0 Å². The smallest absolute Gasteiger partial charge is 0.137 e. The largest absolute Gasteiger partial charge is 0.456 e. The molecular formula is C54H35NO. The number of rotatable bonds is 6. The first kappa shape index (κ1) is 32.0. The maximum absolute atomic E-state index is 6.45. The van der Waals surface area contributed by atoms with Gasteiger partial charge >= 0.3 is 0 Å². The molecule has 11 aromatic rings. The molecule has 0 bridgehead atoms. The van der Waals surface area contributed by atoms with Crippen molar-refractivity contribution in [3.8, 4) is 33.4 Å². The number of fused-ring (bicyclic) bond motifs is 7. The van der Waals surface area contributed by atoms with Crippen molar-refractivity contribution in [2.45, 2.75) is 0 Å². The Morgan fingerprint density at radius 3 is 1.68 bits per heavy atom. The molecule has 0 aliphatic heterocycles. The first-order valence-electron chi connectivity index (χ1n) is 19.2. The molecule has 56 heavy (non-hydrogen) atoms. The molecule has 0 unspecified atom stereocenters. The lowest BCUT2D eigenvalue weighted by Crippen LogP contribution is -2.11. The number of anilines is 3. The molecule has 0 fully saturated rings. The van der Waals surface area contributed by atoms with Crippen molar-refractivity contribution >= 4 is 71.3 Å². The number of benzene rings is 10. The fraction of sp³-hybridized carbons (Fsp3) is 0. The molecule has 1 heterocycles. The Balaban J connectivity index is 1.06. The summed E-state index contributed by atoms with van der Waals surface area (Å²) >= 11 is 0. The van der Waals surface area contributed by atoms with Gasteiger partial charge in [-0.1, -0.05) is 170 Å². The van der Waals surface area contributed by atoms with Gasteiger partial charge in [-0.05, 0) is 103 Å². The van der Waals surface area contributed by atoms with E-state index in [0.717, 1.165) is 55.7 Å². The van der Waals surface area contributed by atoms with E-state index in [2.05, 4.69) is 211 Å². The molecule has 0 radical (unpaired) electrons. The monoisotopic (exact) mass is 713 g/mol. The zero-order valence-corrected chi connectivity index (χ0v) is 30.6. The van der Waals surface area contributed by atoms with Crippen molar-refractivity contribution < 1.29 is 4.42 Å². The maximum Gasteiger partial charge on any atom is 0.137 e. The Bertz CT molecular complexity index is 3260. The van der Waals surface area contributed by atoms with Crippen LogP contribution >= 0.6 is 0 Å². The Kier molecular flexibility index (Phi) is 7.53. The van der Waals surface area contributed by atoms with Gasteiger partial charge in [0, 0.05) is 16.6 Å². The third-order valence-electron chi connectivity index (χ3n) is 11.2. The predicted octanol–water partition coefficient (Wildman–Crippen LogP) is 15.5. The Hall–Kier alpha value is -7.42. The number of furan rings is 1. The van der Waals surface area contributed by atoms with Crippen LogP contribution in [0.3, 0.4) is 0 Å². The van der Waals surface area contributed by atoms with Crippen LogP contribution in [0.15, 0.2) is 217 Å². The summed E-state index contributed by atoms with van der Waals surface area (Å²) in [7, 11) is 0. The van der Waals surface area contributed by atoms with Gasteiger partial charge in [-0.3, -0.25) is 0 Å². The van der Waals surface area contributed by atoms with E-state index < -0.39 is 0 Å². The lowest BCUT2D eigenvalue weighted by molar-refractivity contribution is 0.669. The Morgan fingerprint density at radius 2 is 0.839 bits per heavy atom. The summed E-state index contributed by atoms with van der Waals surface area (Å²) in [4.78, 5) is 2.42. The van der Waals surface area contributed by atoms with Crippen LogP contribution in [0, 0.1) is 0 Å². The second kappa shape index (κ2) is 13.2. The van der Waals surface area contributed by atoms with E-state index in [1.54, 1.807) is 0 Å². The third kappa shape index (κ3) is 5.34. The predicted molar refractivity (Wildman–Crippen MR) is 237 cm³/mol. The third-order valence-corrected chi connectivity index (χ3v) is 11.2. The van der Waals surface area contributed by atoms with E-state index in [1.807, 2.05) is 6.07 Å². The normalized spacial score (nSPS) is 11.6. The van der Waals surface area contributed by atoms with Gasteiger partial charge in [-0.15, -0.1) is 0 Å². The molecule has 2 heteroatoms. The van der Waals surface area contributed by atoms with Crippen LogP contribution < -0.4 is 4.90 Å².